The molecule has 2 rings (SSSR count). The number of amides is 3. The molecule has 0 unspecified atom stereocenters. The summed E-state index contributed by atoms with van der Waals surface area (Å²) in [6, 6.07) is 10.9. The van der Waals surface area contributed by atoms with E-state index in [1.54, 1.807) is 18.2 Å². The molecular formula is C18H18FN3O3. The summed E-state index contributed by atoms with van der Waals surface area (Å²) in [7, 11) is 0. The van der Waals surface area contributed by atoms with Crippen LogP contribution in [-0.4, -0.2) is 23.8 Å². The topological polar surface area (TPSA) is 101 Å². The zero-order chi connectivity index (χ0) is 18.4. The summed E-state index contributed by atoms with van der Waals surface area (Å²) in [5.74, 6) is -1.86. The van der Waals surface area contributed by atoms with Gasteiger partial charge in [0.05, 0.1) is 0 Å². The molecule has 2 aromatic rings. The van der Waals surface area contributed by atoms with Crippen molar-refractivity contribution in [2.75, 3.05) is 5.32 Å². The van der Waals surface area contributed by atoms with Crippen molar-refractivity contribution in [1.82, 2.24) is 5.32 Å². The van der Waals surface area contributed by atoms with Crippen LogP contribution in [0.5, 0.6) is 0 Å². The molecule has 0 spiro atoms. The molecule has 0 saturated carbocycles. The number of hydrogen-bond donors (Lipinski definition) is 3. The van der Waals surface area contributed by atoms with Gasteiger partial charge in [-0.25, -0.2) is 4.39 Å². The predicted molar refractivity (Wildman–Crippen MR) is 91.3 cm³/mol. The Morgan fingerprint density at radius 3 is 2.36 bits per heavy atom. The normalized spacial score (nSPS) is 11.4. The fourth-order valence-corrected chi connectivity index (χ4v) is 2.27. The first kappa shape index (κ1) is 18.1. The van der Waals surface area contributed by atoms with Crippen LogP contribution in [0.15, 0.2) is 48.5 Å². The van der Waals surface area contributed by atoms with Crippen LogP contribution in [0.25, 0.3) is 0 Å². The first-order chi connectivity index (χ1) is 11.8. The highest BCUT2D eigenvalue weighted by Crippen LogP contribution is 2.11. The van der Waals surface area contributed by atoms with Crippen molar-refractivity contribution in [2.45, 2.75) is 19.4 Å². The highest BCUT2D eigenvalue weighted by molar-refractivity contribution is 5.98. The first-order valence-electron chi connectivity index (χ1n) is 7.57. The SMILES string of the molecule is CC(=O)Nc1ccc(C(=O)N[C@@H](Cc2cccc(F)c2)C(N)=O)cc1. The Balaban J connectivity index is 2.07. The average Bonchev–Trinajstić information content (AvgIpc) is 2.54. The Kier molecular flexibility index (Phi) is 5.84. The summed E-state index contributed by atoms with van der Waals surface area (Å²) in [5.41, 5.74) is 6.74. The molecule has 25 heavy (non-hydrogen) atoms. The second kappa shape index (κ2) is 8.05. The van der Waals surface area contributed by atoms with Crippen molar-refractivity contribution in [1.29, 1.82) is 0 Å². The van der Waals surface area contributed by atoms with Gasteiger partial charge in [0.1, 0.15) is 11.9 Å². The first-order valence-corrected chi connectivity index (χ1v) is 7.57. The number of carbonyl (C=O) groups is 3. The van der Waals surface area contributed by atoms with Gasteiger partial charge in [0.15, 0.2) is 0 Å². The van der Waals surface area contributed by atoms with E-state index in [-0.39, 0.29) is 12.3 Å². The van der Waals surface area contributed by atoms with Gasteiger partial charge < -0.3 is 16.4 Å². The van der Waals surface area contributed by atoms with Crippen LogP contribution >= 0.6 is 0 Å². The number of nitrogens with two attached hydrogens (primary N) is 1. The van der Waals surface area contributed by atoms with Crippen LogP contribution in [0.2, 0.25) is 0 Å². The molecule has 0 radical (unpaired) electrons. The Hall–Kier alpha value is -3.22. The molecule has 4 N–H and O–H groups in total. The lowest BCUT2D eigenvalue weighted by atomic mass is 10.0. The highest BCUT2D eigenvalue weighted by Gasteiger charge is 2.19. The van der Waals surface area contributed by atoms with E-state index in [9.17, 15) is 18.8 Å². The van der Waals surface area contributed by atoms with Gasteiger partial charge in [-0.05, 0) is 42.0 Å². The maximum atomic E-state index is 13.2. The molecule has 0 aliphatic carbocycles. The van der Waals surface area contributed by atoms with Crippen molar-refractivity contribution in [3.05, 3.63) is 65.5 Å². The number of benzene rings is 2. The van der Waals surface area contributed by atoms with Crippen LogP contribution < -0.4 is 16.4 Å². The third kappa shape index (κ3) is 5.42. The van der Waals surface area contributed by atoms with Crippen LogP contribution in [0.1, 0.15) is 22.8 Å². The van der Waals surface area contributed by atoms with Crippen molar-refractivity contribution in [3.8, 4) is 0 Å². The van der Waals surface area contributed by atoms with Crippen LogP contribution in [0.3, 0.4) is 0 Å². The average molecular weight is 343 g/mol. The van der Waals surface area contributed by atoms with Gasteiger partial charge in [-0.15, -0.1) is 0 Å². The molecule has 0 fully saturated rings. The molecule has 0 aromatic heterocycles. The Labute approximate surface area is 144 Å². The fourth-order valence-electron chi connectivity index (χ4n) is 2.27. The number of nitrogens with one attached hydrogen (secondary N) is 2. The molecular weight excluding hydrogens is 325 g/mol. The molecule has 7 heteroatoms. The minimum absolute atomic E-state index is 0.0861. The lowest BCUT2D eigenvalue weighted by Crippen LogP contribution is -2.45. The van der Waals surface area contributed by atoms with Gasteiger partial charge >= 0.3 is 0 Å². The van der Waals surface area contributed by atoms with Crippen LogP contribution in [0.4, 0.5) is 10.1 Å². The minimum Gasteiger partial charge on any atom is -0.368 e. The van der Waals surface area contributed by atoms with Crippen LogP contribution in [0, 0.1) is 5.82 Å². The van der Waals surface area contributed by atoms with Gasteiger partial charge in [0.2, 0.25) is 11.8 Å². The Bertz CT molecular complexity index is 790. The monoisotopic (exact) mass is 343 g/mol. The molecule has 0 saturated heterocycles. The van der Waals surface area contributed by atoms with Crippen molar-refractivity contribution < 1.29 is 18.8 Å². The standard InChI is InChI=1S/C18H18FN3O3/c1-11(23)21-15-7-5-13(6-8-15)18(25)22-16(17(20)24)10-12-3-2-4-14(19)9-12/h2-9,16H,10H2,1H3,(H2,20,24)(H,21,23)(H,22,25)/t16-/m0/s1. The zero-order valence-electron chi connectivity index (χ0n) is 13.6. The molecule has 0 bridgehead atoms. The van der Waals surface area contributed by atoms with E-state index in [1.165, 1.54) is 37.3 Å². The number of carbonyl (C=O) groups excluding carboxylic acids is 3. The summed E-state index contributed by atoms with van der Waals surface area (Å²) in [4.78, 5) is 34.8. The second-order valence-corrected chi connectivity index (χ2v) is 5.52. The third-order valence-electron chi connectivity index (χ3n) is 3.45. The van der Waals surface area contributed by atoms with Crippen molar-refractivity contribution >= 4 is 23.4 Å². The molecule has 2 aromatic carbocycles. The molecule has 0 heterocycles. The summed E-state index contributed by atoms with van der Waals surface area (Å²) in [6.45, 7) is 1.38. The molecule has 1 atom stereocenters. The third-order valence-corrected chi connectivity index (χ3v) is 3.45. The summed E-state index contributed by atoms with van der Waals surface area (Å²) < 4.78 is 13.2. The molecule has 130 valence electrons. The van der Waals surface area contributed by atoms with E-state index in [0.29, 0.717) is 16.8 Å². The van der Waals surface area contributed by atoms with E-state index in [0.717, 1.165) is 0 Å². The van der Waals surface area contributed by atoms with Gasteiger partial charge in [-0.3, -0.25) is 14.4 Å². The van der Waals surface area contributed by atoms with Gasteiger partial charge in [0.25, 0.3) is 5.91 Å². The van der Waals surface area contributed by atoms with Crippen molar-refractivity contribution in [3.63, 3.8) is 0 Å². The maximum absolute atomic E-state index is 13.2. The van der Waals surface area contributed by atoms with Gasteiger partial charge in [-0.1, -0.05) is 12.1 Å². The largest absolute Gasteiger partial charge is 0.368 e. The summed E-state index contributed by atoms with van der Waals surface area (Å²) in [5, 5.41) is 5.13. The molecule has 3 amide bonds. The number of anilines is 1. The van der Waals surface area contributed by atoms with E-state index in [4.69, 9.17) is 5.73 Å². The highest BCUT2D eigenvalue weighted by atomic mass is 19.1. The van der Waals surface area contributed by atoms with E-state index < -0.39 is 23.7 Å². The number of primary amides is 1. The second-order valence-electron chi connectivity index (χ2n) is 5.52. The smallest absolute Gasteiger partial charge is 0.251 e. The number of halogens is 1. The fraction of sp³-hybridized carbons (Fsp3) is 0.167. The number of hydrogen-bond acceptors (Lipinski definition) is 3. The summed E-state index contributed by atoms with van der Waals surface area (Å²) >= 11 is 0. The van der Waals surface area contributed by atoms with E-state index in [1.807, 2.05) is 0 Å². The summed E-state index contributed by atoms with van der Waals surface area (Å²) in [6.07, 6.45) is 0.0861. The molecule has 0 aliphatic heterocycles. The quantitative estimate of drug-likeness (QED) is 0.743. The number of rotatable bonds is 6. The van der Waals surface area contributed by atoms with E-state index >= 15 is 0 Å². The van der Waals surface area contributed by atoms with E-state index in [2.05, 4.69) is 10.6 Å². The maximum Gasteiger partial charge on any atom is 0.251 e. The van der Waals surface area contributed by atoms with Gasteiger partial charge in [0, 0.05) is 24.6 Å². The molecule has 0 aliphatic rings. The predicted octanol–water partition coefficient (Wildman–Crippen LogP) is 1.61. The van der Waals surface area contributed by atoms with Crippen molar-refractivity contribution in [2.24, 2.45) is 5.73 Å². The van der Waals surface area contributed by atoms with Crippen LogP contribution in [-0.2, 0) is 16.0 Å². The lowest BCUT2D eigenvalue weighted by Gasteiger charge is -2.16. The van der Waals surface area contributed by atoms with Gasteiger partial charge in [-0.2, -0.15) is 0 Å². The minimum atomic E-state index is -0.968. The Morgan fingerprint density at radius 1 is 1.12 bits per heavy atom. The lowest BCUT2D eigenvalue weighted by molar-refractivity contribution is -0.119. The molecule has 6 nitrogen and oxygen atoms in total. The zero-order valence-corrected chi connectivity index (χ0v) is 13.6. The Morgan fingerprint density at radius 2 is 1.80 bits per heavy atom.